The molecule has 1 aliphatic carbocycles. The molecule has 0 amide bonds. The van der Waals surface area contributed by atoms with E-state index in [4.69, 9.17) is 9.47 Å². The Kier molecular flexibility index (Phi) is 4.42. The second kappa shape index (κ2) is 6.65. The fraction of sp³-hybridized carbons (Fsp3) is 0.316. The predicted molar refractivity (Wildman–Crippen MR) is 85.8 cm³/mol. The lowest BCUT2D eigenvalue weighted by Crippen LogP contribution is -2.08. The molecule has 22 heavy (non-hydrogen) atoms. The van der Waals surface area contributed by atoms with E-state index >= 15 is 0 Å². The first-order valence-corrected chi connectivity index (χ1v) is 7.63. The van der Waals surface area contributed by atoms with E-state index in [1.165, 1.54) is 11.1 Å². The van der Waals surface area contributed by atoms with Gasteiger partial charge in [0.1, 0.15) is 11.5 Å². The Hall–Kier alpha value is -2.29. The van der Waals surface area contributed by atoms with Crippen molar-refractivity contribution in [1.82, 2.24) is 0 Å². The van der Waals surface area contributed by atoms with Gasteiger partial charge in [-0.05, 0) is 48.4 Å². The lowest BCUT2D eigenvalue weighted by atomic mass is 10.0. The minimum atomic E-state index is 0.565. The van der Waals surface area contributed by atoms with E-state index < -0.39 is 0 Å². The summed E-state index contributed by atoms with van der Waals surface area (Å²) >= 11 is 0. The summed E-state index contributed by atoms with van der Waals surface area (Å²) in [5.74, 6) is 1.93. The quantitative estimate of drug-likeness (QED) is 0.763. The van der Waals surface area contributed by atoms with Gasteiger partial charge in [-0.1, -0.05) is 24.3 Å². The number of methoxy groups -OCH3 is 1. The van der Waals surface area contributed by atoms with E-state index in [2.05, 4.69) is 24.3 Å². The van der Waals surface area contributed by atoms with Gasteiger partial charge in [-0.25, -0.2) is 0 Å². The van der Waals surface area contributed by atoms with Crippen LogP contribution in [0.2, 0.25) is 0 Å². The number of hydrogen-bond acceptors (Lipinski definition) is 3. The van der Waals surface area contributed by atoms with E-state index in [0.717, 1.165) is 25.5 Å². The average molecular weight is 296 g/mol. The lowest BCUT2D eigenvalue weighted by Gasteiger charge is -2.12. The SMILES string of the molecule is COc1ccc(C=O)c(OCCC2Cc3ccccc3C2)c1. The van der Waals surface area contributed by atoms with E-state index in [1.807, 2.05) is 0 Å². The minimum absolute atomic E-state index is 0.565. The van der Waals surface area contributed by atoms with Crippen molar-refractivity contribution in [1.29, 1.82) is 0 Å². The molecule has 0 radical (unpaired) electrons. The molecule has 2 aromatic rings. The molecule has 1 aliphatic rings. The molecule has 0 saturated carbocycles. The zero-order valence-electron chi connectivity index (χ0n) is 12.7. The molecule has 2 aromatic carbocycles. The van der Waals surface area contributed by atoms with Crippen LogP contribution in [0.1, 0.15) is 27.9 Å². The molecule has 0 heterocycles. The van der Waals surface area contributed by atoms with Crippen LogP contribution in [0.15, 0.2) is 42.5 Å². The van der Waals surface area contributed by atoms with Crippen molar-refractivity contribution in [3.05, 3.63) is 59.2 Å². The molecule has 114 valence electrons. The van der Waals surface area contributed by atoms with Gasteiger partial charge in [0.2, 0.25) is 0 Å². The third kappa shape index (κ3) is 3.14. The van der Waals surface area contributed by atoms with Crippen molar-refractivity contribution in [2.45, 2.75) is 19.3 Å². The van der Waals surface area contributed by atoms with Crippen LogP contribution in [-0.4, -0.2) is 20.0 Å². The van der Waals surface area contributed by atoms with Crippen LogP contribution in [0.5, 0.6) is 11.5 Å². The number of rotatable bonds is 6. The first-order valence-electron chi connectivity index (χ1n) is 7.63. The molecule has 0 bridgehead atoms. The van der Waals surface area contributed by atoms with Crippen LogP contribution in [0.4, 0.5) is 0 Å². The van der Waals surface area contributed by atoms with Gasteiger partial charge in [-0.2, -0.15) is 0 Å². The van der Waals surface area contributed by atoms with Crippen molar-refractivity contribution in [3.63, 3.8) is 0 Å². The molecule has 3 rings (SSSR count). The maximum absolute atomic E-state index is 11.1. The Morgan fingerprint density at radius 2 is 1.86 bits per heavy atom. The Balaban J connectivity index is 1.57. The molecule has 0 unspecified atom stereocenters. The Morgan fingerprint density at radius 1 is 1.14 bits per heavy atom. The molecule has 0 N–H and O–H groups in total. The number of fused-ring (bicyclic) bond motifs is 1. The maximum atomic E-state index is 11.1. The highest BCUT2D eigenvalue weighted by atomic mass is 16.5. The number of benzene rings is 2. The Labute approximate surface area is 130 Å². The van der Waals surface area contributed by atoms with Gasteiger partial charge < -0.3 is 9.47 Å². The van der Waals surface area contributed by atoms with E-state index in [1.54, 1.807) is 25.3 Å². The van der Waals surface area contributed by atoms with Crippen molar-refractivity contribution in [2.24, 2.45) is 5.92 Å². The Morgan fingerprint density at radius 3 is 2.50 bits per heavy atom. The fourth-order valence-corrected chi connectivity index (χ4v) is 3.05. The first-order chi connectivity index (χ1) is 10.8. The molecule has 0 aromatic heterocycles. The number of aldehydes is 1. The van der Waals surface area contributed by atoms with Gasteiger partial charge in [0.25, 0.3) is 0 Å². The summed E-state index contributed by atoms with van der Waals surface area (Å²) in [6, 6.07) is 13.9. The van der Waals surface area contributed by atoms with Gasteiger partial charge >= 0.3 is 0 Å². The van der Waals surface area contributed by atoms with Crippen molar-refractivity contribution in [3.8, 4) is 11.5 Å². The molecule has 3 nitrogen and oxygen atoms in total. The molecule has 0 saturated heterocycles. The molecular weight excluding hydrogens is 276 g/mol. The molecule has 3 heteroatoms. The van der Waals surface area contributed by atoms with Crippen LogP contribution in [0, 0.1) is 5.92 Å². The Bertz CT molecular complexity index is 638. The van der Waals surface area contributed by atoms with Gasteiger partial charge in [0.05, 0.1) is 19.3 Å². The van der Waals surface area contributed by atoms with Gasteiger partial charge in [-0.15, -0.1) is 0 Å². The van der Waals surface area contributed by atoms with Crippen LogP contribution in [-0.2, 0) is 12.8 Å². The summed E-state index contributed by atoms with van der Waals surface area (Å²) < 4.78 is 11.0. The van der Waals surface area contributed by atoms with Crippen LogP contribution >= 0.6 is 0 Å². The van der Waals surface area contributed by atoms with E-state index in [-0.39, 0.29) is 0 Å². The highest BCUT2D eigenvalue weighted by Gasteiger charge is 2.20. The lowest BCUT2D eigenvalue weighted by molar-refractivity contribution is 0.111. The van der Waals surface area contributed by atoms with Gasteiger partial charge in [-0.3, -0.25) is 4.79 Å². The van der Waals surface area contributed by atoms with Gasteiger partial charge in [0, 0.05) is 6.07 Å². The highest BCUT2D eigenvalue weighted by molar-refractivity contribution is 5.79. The minimum Gasteiger partial charge on any atom is -0.497 e. The number of carbonyl (C=O) groups excluding carboxylic acids is 1. The average Bonchev–Trinajstić information content (AvgIpc) is 2.97. The molecule has 0 fully saturated rings. The third-order valence-electron chi connectivity index (χ3n) is 4.27. The monoisotopic (exact) mass is 296 g/mol. The first kappa shape index (κ1) is 14.6. The number of hydrogen-bond donors (Lipinski definition) is 0. The topological polar surface area (TPSA) is 35.5 Å². The number of carbonyl (C=O) groups is 1. The van der Waals surface area contributed by atoms with Crippen LogP contribution in [0.3, 0.4) is 0 Å². The van der Waals surface area contributed by atoms with E-state index in [0.29, 0.717) is 29.6 Å². The standard InChI is InChI=1S/C19H20O3/c1-21-18-7-6-17(13-20)19(12-18)22-9-8-14-10-15-4-2-3-5-16(15)11-14/h2-7,12-14H,8-11H2,1H3. The second-order valence-electron chi connectivity index (χ2n) is 5.70. The molecule has 0 atom stereocenters. The van der Waals surface area contributed by atoms with Crippen LogP contribution < -0.4 is 9.47 Å². The number of ether oxygens (including phenoxy) is 2. The predicted octanol–water partition coefficient (Wildman–Crippen LogP) is 3.69. The van der Waals surface area contributed by atoms with Crippen molar-refractivity contribution < 1.29 is 14.3 Å². The largest absolute Gasteiger partial charge is 0.497 e. The zero-order chi connectivity index (χ0) is 15.4. The second-order valence-corrected chi connectivity index (χ2v) is 5.70. The van der Waals surface area contributed by atoms with Crippen molar-refractivity contribution in [2.75, 3.05) is 13.7 Å². The van der Waals surface area contributed by atoms with Crippen LogP contribution in [0.25, 0.3) is 0 Å². The highest BCUT2D eigenvalue weighted by Crippen LogP contribution is 2.29. The summed E-state index contributed by atoms with van der Waals surface area (Å²) in [6.45, 7) is 0.618. The van der Waals surface area contributed by atoms with Gasteiger partial charge in [0.15, 0.2) is 6.29 Å². The van der Waals surface area contributed by atoms with Crippen molar-refractivity contribution >= 4 is 6.29 Å². The summed E-state index contributed by atoms with van der Waals surface area (Å²) in [4.78, 5) is 11.1. The summed E-state index contributed by atoms with van der Waals surface area (Å²) in [5.41, 5.74) is 3.49. The summed E-state index contributed by atoms with van der Waals surface area (Å²) in [7, 11) is 1.61. The molecular formula is C19H20O3. The normalized spacial score (nSPS) is 13.7. The molecule has 0 aliphatic heterocycles. The summed E-state index contributed by atoms with van der Waals surface area (Å²) in [5, 5.41) is 0. The third-order valence-corrected chi connectivity index (χ3v) is 4.27. The zero-order valence-corrected chi connectivity index (χ0v) is 12.7. The van der Waals surface area contributed by atoms with E-state index in [9.17, 15) is 4.79 Å². The maximum Gasteiger partial charge on any atom is 0.153 e. The smallest absolute Gasteiger partial charge is 0.153 e. The fourth-order valence-electron chi connectivity index (χ4n) is 3.05. The molecule has 0 spiro atoms. The summed E-state index contributed by atoms with van der Waals surface area (Å²) in [6.07, 6.45) is 4.06.